The summed E-state index contributed by atoms with van der Waals surface area (Å²) in [5.41, 5.74) is 0.861. The molecule has 92 valence electrons. The molecule has 0 aromatic heterocycles. The number of carbonyl (C=O) groups is 1. The molecule has 0 spiro atoms. The van der Waals surface area contributed by atoms with E-state index in [4.69, 9.17) is 16.3 Å². The van der Waals surface area contributed by atoms with Crippen LogP contribution in [0.3, 0.4) is 0 Å². The molecule has 1 aromatic carbocycles. The summed E-state index contributed by atoms with van der Waals surface area (Å²) in [6.45, 7) is 0. The first kappa shape index (κ1) is 12.2. The molecule has 1 unspecified atom stereocenters. The van der Waals surface area contributed by atoms with Crippen LogP contribution in [0.15, 0.2) is 24.3 Å². The van der Waals surface area contributed by atoms with Crippen LogP contribution >= 0.6 is 11.6 Å². The van der Waals surface area contributed by atoms with Crippen molar-refractivity contribution in [1.82, 2.24) is 0 Å². The molecule has 0 radical (unpaired) electrons. The molecule has 1 aromatic rings. The summed E-state index contributed by atoms with van der Waals surface area (Å²) in [4.78, 5) is 11.7. The maximum atomic E-state index is 11.7. The van der Waals surface area contributed by atoms with Gasteiger partial charge in [-0.1, -0.05) is 24.1 Å². The van der Waals surface area contributed by atoms with Crippen LogP contribution in [-0.4, -0.2) is 19.1 Å². The van der Waals surface area contributed by atoms with Crippen LogP contribution in [0.1, 0.15) is 19.3 Å². The highest BCUT2D eigenvalue weighted by Gasteiger charge is 2.33. The Balaban J connectivity index is 2.08. The van der Waals surface area contributed by atoms with E-state index in [1.807, 2.05) is 24.3 Å². The van der Waals surface area contributed by atoms with Crippen LogP contribution in [0.5, 0.6) is 0 Å². The smallest absolute Gasteiger partial charge is 0.328 e. The van der Waals surface area contributed by atoms with Crippen molar-refractivity contribution in [3.8, 4) is 0 Å². The first-order valence-electron chi connectivity index (χ1n) is 5.80. The number of anilines is 1. The van der Waals surface area contributed by atoms with Gasteiger partial charge in [0.2, 0.25) is 0 Å². The maximum absolute atomic E-state index is 11.7. The number of hydrogen-bond donors (Lipinski definition) is 1. The molecule has 0 amide bonds. The van der Waals surface area contributed by atoms with Gasteiger partial charge in [0.1, 0.15) is 6.04 Å². The lowest BCUT2D eigenvalue weighted by Crippen LogP contribution is -2.41. The second-order valence-electron chi connectivity index (χ2n) is 4.35. The lowest BCUT2D eigenvalue weighted by atomic mass is 9.79. The predicted molar refractivity (Wildman–Crippen MR) is 68.2 cm³/mol. The van der Waals surface area contributed by atoms with E-state index in [-0.39, 0.29) is 12.0 Å². The molecule has 4 heteroatoms. The van der Waals surface area contributed by atoms with Gasteiger partial charge in [0, 0.05) is 10.7 Å². The molecule has 2 rings (SSSR count). The van der Waals surface area contributed by atoms with Crippen molar-refractivity contribution < 1.29 is 9.53 Å². The molecule has 1 saturated carbocycles. The normalized spacial score (nSPS) is 17.1. The molecular weight excluding hydrogens is 238 g/mol. The van der Waals surface area contributed by atoms with E-state index < -0.39 is 0 Å². The number of ether oxygens (including phenoxy) is 1. The van der Waals surface area contributed by atoms with Gasteiger partial charge in [0.05, 0.1) is 7.11 Å². The van der Waals surface area contributed by atoms with E-state index in [2.05, 4.69) is 5.32 Å². The number of esters is 1. The van der Waals surface area contributed by atoms with Crippen LogP contribution in [0.25, 0.3) is 0 Å². The molecule has 3 nitrogen and oxygen atoms in total. The quantitative estimate of drug-likeness (QED) is 0.838. The summed E-state index contributed by atoms with van der Waals surface area (Å²) in [5, 5.41) is 3.87. The average molecular weight is 254 g/mol. The third kappa shape index (κ3) is 2.91. The fraction of sp³-hybridized carbons (Fsp3) is 0.462. The van der Waals surface area contributed by atoms with Crippen LogP contribution in [0.2, 0.25) is 5.02 Å². The Labute approximate surface area is 106 Å². The van der Waals surface area contributed by atoms with E-state index in [1.54, 1.807) is 0 Å². The molecule has 1 fully saturated rings. The van der Waals surface area contributed by atoms with Gasteiger partial charge < -0.3 is 10.1 Å². The Bertz CT molecular complexity index is 404. The number of carbonyl (C=O) groups excluding carboxylic acids is 1. The third-order valence-corrected chi connectivity index (χ3v) is 3.46. The molecule has 1 aliphatic rings. The second-order valence-corrected chi connectivity index (χ2v) is 4.78. The fourth-order valence-corrected chi connectivity index (χ4v) is 2.22. The van der Waals surface area contributed by atoms with Gasteiger partial charge in [-0.3, -0.25) is 0 Å². The molecule has 0 heterocycles. The molecule has 0 aliphatic heterocycles. The lowest BCUT2D eigenvalue weighted by molar-refractivity contribution is -0.143. The van der Waals surface area contributed by atoms with E-state index in [0.29, 0.717) is 10.9 Å². The minimum absolute atomic E-state index is 0.199. The van der Waals surface area contributed by atoms with Gasteiger partial charge in [-0.15, -0.1) is 0 Å². The predicted octanol–water partition coefficient (Wildman–Crippen LogP) is 3.09. The van der Waals surface area contributed by atoms with Crippen molar-refractivity contribution in [3.05, 3.63) is 29.3 Å². The van der Waals surface area contributed by atoms with Crippen molar-refractivity contribution in [3.63, 3.8) is 0 Å². The Morgan fingerprint density at radius 3 is 2.82 bits per heavy atom. The van der Waals surface area contributed by atoms with Crippen LogP contribution < -0.4 is 5.32 Å². The highest BCUT2D eigenvalue weighted by molar-refractivity contribution is 6.30. The number of hydrogen-bond acceptors (Lipinski definition) is 3. The van der Waals surface area contributed by atoms with E-state index in [9.17, 15) is 4.79 Å². The zero-order valence-corrected chi connectivity index (χ0v) is 10.5. The molecule has 1 aliphatic carbocycles. The fourth-order valence-electron chi connectivity index (χ4n) is 2.03. The Morgan fingerprint density at radius 1 is 1.53 bits per heavy atom. The summed E-state index contributed by atoms with van der Waals surface area (Å²) in [5.74, 6) is 0.177. The largest absolute Gasteiger partial charge is 0.467 e. The minimum atomic E-state index is -0.257. The maximum Gasteiger partial charge on any atom is 0.328 e. The molecule has 17 heavy (non-hydrogen) atoms. The van der Waals surface area contributed by atoms with Crippen molar-refractivity contribution in [1.29, 1.82) is 0 Å². The topological polar surface area (TPSA) is 38.3 Å². The van der Waals surface area contributed by atoms with Gasteiger partial charge in [-0.2, -0.15) is 0 Å². The van der Waals surface area contributed by atoms with Crippen LogP contribution in [0.4, 0.5) is 5.69 Å². The molecule has 0 saturated heterocycles. The number of halogens is 1. The first-order chi connectivity index (χ1) is 8.20. The Kier molecular flexibility index (Phi) is 3.89. The van der Waals surface area contributed by atoms with Crippen molar-refractivity contribution >= 4 is 23.3 Å². The van der Waals surface area contributed by atoms with Gasteiger partial charge in [-0.05, 0) is 37.0 Å². The van der Waals surface area contributed by atoms with Crippen molar-refractivity contribution in [2.24, 2.45) is 5.92 Å². The van der Waals surface area contributed by atoms with Crippen molar-refractivity contribution in [2.45, 2.75) is 25.3 Å². The molecule has 0 bridgehead atoms. The van der Waals surface area contributed by atoms with E-state index >= 15 is 0 Å². The minimum Gasteiger partial charge on any atom is -0.467 e. The number of methoxy groups -OCH3 is 1. The standard InChI is InChI=1S/C13H16ClNO2/c1-17-13(16)12(9-4-2-5-9)15-11-7-3-6-10(14)8-11/h3,6-9,12,15H,2,4-5H2,1H3. The monoisotopic (exact) mass is 253 g/mol. The van der Waals surface area contributed by atoms with Gasteiger partial charge in [-0.25, -0.2) is 4.79 Å². The molecule has 1 N–H and O–H groups in total. The summed E-state index contributed by atoms with van der Waals surface area (Å²) < 4.78 is 4.84. The second kappa shape index (κ2) is 5.41. The van der Waals surface area contributed by atoms with E-state index in [1.165, 1.54) is 13.5 Å². The number of rotatable bonds is 4. The number of nitrogens with one attached hydrogen (secondary N) is 1. The van der Waals surface area contributed by atoms with E-state index in [0.717, 1.165) is 18.5 Å². The zero-order valence-electron chi connectivity index (χ0n) is 9.78. The summed E-state index contributed by atoms with van der Waals surface area (Å²) in [6, 6.07) is 7.13. The van der Waals surface area contributed by atoms with Gasteiger partial charge >= 0.3 is 5.97 Å². The van der Waals surface area contributed by atoms with Gasteiger partial charge in [0.25, 0.3) is 0 Å². The lowest BCUT2D eigenvalue weighted by Gasteiger charge is -2.32. The zero-order chi connectivity index (χ0) is 12.3. The molecule has 1 atom stereocenters. The summed E-state index contributed by atoms with van der Waals surface area (Å²) in [6.07, 6.45) is 3.34. The molecular formula is C13H16ClNO2. The Morgan fingerprint density at radius 2 is 2.29 bits per heavy atom. The highest BCUT2D eigenvalue weighted by Crippen LogP contribution is 2.32. The average Bonchev–Trinajstić information content (AvgIpc) is 2.25. The summed E-state index contributed by atoms with van der Waals surface area (Å²) >= 11 is 5.91. The highest BCUT2D eigenvalue weighted by atomic mass is 35.5. The first-order valence-corrected chi connectivity index (χ1v) is 6.18. The van der Waals surface area contributed by atoms with Gasteiger partial charge in [0.15, 0.2) is 0 Å². The van der Waals surface area contributed by atoms with Crippen LogP contribution in [0, 0.1) is 5.92 Å². The van der Waals surface area contributed by atoms with Crippen LogP contribution in [-0.2, 0) is 9.53 Å². The summed E-state index contributed by atoms with van der Waals surface area (Å²) in [7, 11) is 1.42. The van der Waals surface area contributed by atoms with Crippen molar-refractivity contribution in [2.75, 3.05) is 12.4 Å². The third-order valence-electron chi connectivity index (χ3n) is 3.22. The SMILES string of the molecule is COC(=O)C(Nc1cccc(Cl)c1)C1CCC1. The number of benzene rings is 1. The Hall–Kier alpha value is -1.22.